The van der Waals surface area contributed by atoms with Crippen LogP contribution in [0.25, 0.3) is 0 Å². The Morgan fingerprint density at radius 1 is 1.47 bits per heavy atom. The van der Waals surface area contributed by atoms with E-state index in [-0.39, 0.29) is 5.41 Å². The second kappa shape index (κ2) is 7.98. The first-order valence-corrected chi connectivity index (χ1v) is 7.78. The molecule has 0 aliphatic carbocycles. The Morgan fingerprint density at radius 3 is 2.47 bits per heavy atom. The molecule has 0 radical (unpaired) electrons. The van der Waals surface area contributed by atoms with Crippen LogP contribution < -0.4 is 5.73 Å². The van der Waals surface area contributed by atoms with E-state index in [0.29, 0.717) is 11.9 Å². The third-order valence-corrected chi connectivity index (χ3v) is 4.21. The maximum Gasteiger partial charge on any atom is 0.0963 e. The molecule has 4 heteroatoms. The summed E-state index contributed by atoms with van der Waals surface area (Å²) in [7, 11) is 2.20. The third-order valence-electron chi connectivity index (χ3n) is 3.50. The van der Waals surface area contributed by atoms with Gasteiger partial charge in [0, 0.05) is 17.2 Å². The van der Waals surface area contributed by atoms with Crippen molar-refractivity contribution >= 4 is 17.6 Å². The van der Waals surface area contributed by atoms with E-state index in [1.165, 1.54) is 12.2 Å². The van der Waals surface area contributed by atoms with Gasteiger partial charge in [0.1, 0.15) is 0 Å². The van der Waals surface area contributed by atoms with Gasteiger partial charge >= 0.3 is 0 Å². The third kappa shape index (κ3) is 6.32. The van der Waals surface area contributed by atoms with Gasteiger partial charge in [-0.25, -0.2) is 0 Å². The van der Waals surface area contributed by atoms with E-state index in [4.69, 9.17) is 11.1 Å². The minimum Gasteiger partial charge on any atom is -0.387 e. The van der Waals surface area contributed by atoms with E-state index in [1.54, 1.807) is 0 Å². The van der Waals surface area contributed by atoms with E-state index < -0.39 is 0 Å². The van der Waals surface area contributed by atoms with Gasteiger partial charge in [-0.2, -0.15) is 11.8 Å². The van der Waals surface area contributed by atoms with Gasteiger partial charge in [-0.15, -0.1) is 0 Å². The van der Waals surface area contributed by atoms with Crippen LogP contribution in [0.1, 0.15) is 40.0 Å². The van der Waals surface area contributed by atoms with E-state index in [2.05, 4.69) is 39.0 Å². The summed E-state index contributed by atoms with van der Waals surface area (Å²) in [4.78, 5) is 2.44. The highest BCUT2D eigenvalue weighted by molar-refractivity contribution is 7.98. The quantitative estimate of drug-likeness (QED) is 0.494. The first-order chi connectivity index (χ1) is 7.85. The van der Waals surface area contributed by atoms with Gasteiger partial charge < -0.3 is 10.6 Å². The normalized spacial score (nSPS) is 14.0. The lowest BCUT2D eigenvalue weighted by Crippen LogP contribution is -2.36. The molecule has 102 valence electrons. The molecule has 0 saturated carbocycles. The smallest absolute Gasteiger partial charge is 0.0963 e. The van der Waals surface area contributed by atoms with E-state index >= 15 is 0 Å². The minimum atomic E-state index is -0.151. The molecule has 0 amide bonds. The van der Waals surface area contributed by atoms with Crippen molar-refractivity contribution in [2.75, 3.05) is 25.6 Å². The van der Waals surface area contributed by atoms with Crippen LogP contribution >= 0.6 is 11.8 Å². The fourth-order valence-corrected chi connectivity index (χ4v) is 2.71. The molecule has 0 saturated heterocycles. The fraction of sp³-hybridized carbons (Fsp3) is 0.923. The van der Waals surface area contributed by atoms with Crippen LogP contribution in [0.2, 0.25) is 0 Å². The van der Waals surface area contributed by atoms with Crippen LogP contribution in [0, 0.1) is 10.8 Å². The standard InChI is InChI=1S/C13H29N3S/c1-6-11(10-17-5)16(4)9-7-8-13(2,3)12(14)15/h11H,6-10H2,1-5H3,(H3,14,15). The lowest BCUT2D eigenvalue weighted by Gasteiger charge is -2.28. The zero-order valence-electron chi connectivity index (χ0n) is 12.0. The molecule has 0 fully saturated rings. The number of nitrogens with zero attached hydrogens (tertiary/aromatic N) is 1. The molecule has 0 aromatic heterocycles. The van der Waals surface area contributed by atoms with Crippen LogP contribution in [0.4, 0.5) is 0 Å². The van der Waals surface area contributed by atoms with E-state index in [9.17, 15) is 0 Å². The zero-order chi connectivity index (χ0) is 13.5. The predicted octanol–water partition coefficient (Wildman–Crippen LogP) is 2.80. The number of amidine groups is 1. The average molecular weight is 259 g/mol. The monoisotopic (exact) mass is 259 g/mol. The molecule has 1 unspecified atom stereocenters. The number of nitrogens with one attached hydrogen (secondary N) is 1. The van der Waals surface area contributed by atoms with Gasteiger partial charge in [0.05, 0.1) is 5.84 Å². The Morgan fingerprint density at radius 2 is 2.06 bits per heavy atom. The Hall–Kier alpha value is -0.220. The molecule has 0 heterocycles. The topological polar surface area (TPSA) is 53.1 Å². The fourth-order valence-electron chi connectivity index (χ4n) is 1.84. The van der Waals surface area contributed by atoms with Crippen molar-refractivity contribution < 1.29 is 0 Å². The summed E-state index contributed by atoms with van der Waals surface area (Å²) in [5.41, 5.74) is 5.44. The summed E-state index contributed by atoms with van der Waals surface area (Å²) in [5.74, 6) is 1.50. The molecule has 0 rings (SSSR count). The zero-order valence-corrected chi connectivity index (χ0v) is 12.9. The Bertz CT molecular complexity index is 229. The van der Waals surface area contributed by atoms with Crippen molar-refractivity contribution in [2.45, 2.75) is 46.1 Å². The van der Waals surface area contributed by atoms with Crippen LogP contribution in [0.15, 0.2) is 0 Å². The molecule has 0 aliphatic rings. The van der Waals surface area contributed by atoms with Crippen LogP contribution in [-0.4, -0.2) is 42.4 Å². The van der Waals surface area contributed by atoms with Gasteiger partial charge in [-0.1, -0.05) is 20.8 Å². The molecule has 0 aromatic rings. The Balaban J connectivity index is 3.99. The largest absolute Gasteiger partial charge is 0.387 e. The highest BCUT2D eigenvalue weighted by atomic mass is 32.2. The lowest BCUT2D eigenvalue weighted by atomic mass is 9.86. The van der Waals surface area contributed by atoms with Gasteiger partial charge in [-0.05, 0) is 39.1 Å². The van der Waals surface area contributed by atoms with E-state index in [1.807, 2.05) is 11.8 Å². The average Bonchev–Trinajstić information content (AvgIpc) is 2.25. The van der Waals surface area contributed by atoms with Gasteiger partial charge in [0.15, 0.2) is 0 Å². The van der Waals surface area contributed by atoms with E-state index in [0.717, 1.165) is 19.4 Å². The molecule has 0 aliphatic heterocycles. The lowest BCUT2D eigenvalue weighted by molar-refractivity contribution is 0.242. The Labute approximate surface area is 111 Å². The number of thioether (sulfide) groups is 1. The molecule has 17 heavy (non-hydrogen) atoms. The maximum absolute atomic E-state index is 7.53. The summed E-state index contributed by atoms with van der Waals surface area (Å²) >= 11 is 1.91. The number of hydrogen-bond donors (Lipinski definition) is 2. The van der Waals surface area contributed by atoms with Crippen LogP contribution in [0.5, 0.6) is 0 Å². The summed E-state index contributed by atoms with van der Waals surface area (Å²) in [6.45, 7) is 7.44. The second-order valence-electron chi connectivity index (χ2n) is 5.40. The van der Waals surface area contributed by atoms with Crippen molar-refractivity contribution in [1.82, 2.24) is 4.90 Å². The molecule has 3 N–H and O–H groups in total. The number of hydrogen-bond acceptors (Lipinski definition) is 3. The van der Waals surface area contributed by atoms with Gasteiger partial charge in [-0.3, -0.25) is 5.41 Å². The van der Waals surface area contributed by atoms with Crippen molar-refractivity contribution in [1.29, 1.82) is 5.41 Å². The number of nitrogens with two attached hydrogens (primary N) is 1. The van der Waals surface area contributed by atoms with Gasteiger partial charge in [0.2, 0.25) is 0 Å². The highest BCUT2D eigenvalue weighted by Gasteiger charge is 2.21. The van der Waals surface area contributed by atoms with Crippen molar-refractivity contribution in [3.8, 4) is 0 Å². The van der Waals surface area contributed by atoms with Crippen molar-refractivity contribution in [3.63, 3.8) is 0 Å². The van der Waals surface area contributed by atoms with Crippen molar-refractivity contribution in [2.24, 2.45) is 11.1 Å². The summed E-state index contributed by atoms with van der Waals surface area (Å²) in [6, 6.07) is 0.672. The van der Waals surface area contributed by atoms with Crippen molar-refractivity contribution in [3.05, 3.63) is 0 Å². The van der Waals surface area contributed by atoms with Gasteiger partial charge in [0.25, 0.3) is 0 Å². The molecule has 3 nitrogen and oxygen atoms in total. The maximum atomic E-state index is 7.53. The molecule has 0 aromatic carbocycles. The van der Waals surface area contributed by atoms with Crippen LogP contribution in [-0.2, 0) is 0 Å². The highest BCUT2D eigenvalue weighted by Crippen LogP contribution is 2.22. The number of rotatable bonds is 9. The second-order valence-corrected chi connectivity index (χ2v) is 6.31. The molecule has 0 bridgehead atoms. The minimum absolute atomic E-state index is 0.151. The summed E-state index contributed by atoms with van der Waals surface area (Å²) in [5, 5.41) is 7.53. The first-order valence-electron chi connectivity index (χ1n) is 6.38. The molecular formula is C13H29N3S. The molecule has 1 atom stereocenters. The predicted molar refractivity (Wildman–Crippen MR) is 80.0 cm³/mol. The summed E-state index contributed by atoms with van der Waals surface area (Å²) < 4.78 is 0. The van der Waals surface area contributed by atoms with Crippen LogP contribution in [0.3, 0.4) is 0 Å². The molecular weight excluding hydrogens is 230 g/mol. The SMILES string of the molecule is CCC(CSC)N(C)CCCC(C)(C)C(=N)N. The summed E-state index contributed by atoms with van der Waals surface area (Å²) in [6.07, 6.45) is 5.46. The molecule has 0 spiro atoms. The Kier molecular flexibility index (Phi) is 7.88. The first kappa shape index (κ1) is 16.8.